The Labute approximate surface area is 143 Å². The zero-order valence-corrected chi connectivity index (χ0v) is 14.7. The molecule has 0 aliphatic heterocycles. The first-order valence-electron chi connectivity index (χ1n) is 8.91. The van der Waals surface area contributed by atoms with E-state index in [4.69, 9.17) is 4.98 Å². The molecule has 2 fully saturated rings. The quantitative estimate of drug-likeness (QED) is 0.845. The average molecular weight is 323 g/mol. The van der Waals surface area contributed by atoms with Crippen molar-refractivity contribution in [3.8, 4) is 0 Å². The number of anilines is 1. The van der Waals surface area contributed by atoms with Crippen molar-refractivity contribution >= 4 is 22.6 Å². The highest BCUT2D eigenvalue weighted by atomic mass is 16.2. The summed E-state index contributed by atoms with van der Waals surface area (Å²) in [5, 5.41) is 1.15. The van der Waals surface area contributed by atoms with Gasteiger partial charge < -0.3 is 9.80 Å². The van der Waals surface area contributed by atoms with Gasteiger partial charge in [-0.3, -0.25) is 4.79 Å². The van der Waals surface area contributed by atoms with E-state index in [1.54, 1.807) is 0 Å². The number of pyridine rings is 1. The molecule has 4 heteroatoms. The van der Waals surface area contributed by atoms with E-state index < -0.39 is 0 Å². The highest BCUT2D eigenvalue weighted by Gasteiger charge is 2.40. The first-order chi connectivity index (χ1) is 11.5. The summed E-state index contributed by atoms with van der Waals surface area (Å²) in [6.45, 7) is 2.78. The first-order valence-corrected chi connectivity index (χ1v) is 8.91. The third kappa shape index (κ3) is 2.97. The standard InChI is InChI=1S/C20H25N3O/c1-13-4-5-15-11-16(19(22(2)3)21-18(15)10-13)12-23(17-8-9-17)20(24)14-6-7-14/h4-5,10-11,14,17H,6-9,12H2,1-3H3. The van der Waals surface area contributed by atoms with Crippen molar-refractivity contribution in [1.29, 1.82) is 0 Å². The molecule has 4 rings (SSSR count). The number of hydrogen-bond acceptors (Lipinski definition) is 3. The molecule has 1 aromatic carbocycles. The molecule has 1 heterocycles. The van der Waals surface area contributed by atoms with Gasteiger partial charge in [0.05, 0.1) is 5.52 Å². The minimum absolute atomic E-state index is 0.282. The lowest BCUT2D eigenvalue weighted by Gasteiger charge is -2.25. The second kappa shape index (κ2) is 5.76. The minimum Gasteiger partial charge on any atom is -0.362 e. The van der Waals surface area contributed by atoms with Crippen molar-refractivity contribution in [1.82, 2.24) is 9.88 Å². The molecule has 1 amide bonds. The number of hydrogen-bond donors (Lipinski definition) is 0. The number of rotatable bonds is 5. The van der Waals surface area contributed by atoms with Gasteiger partial charge in [-0.15, -0.1) is 0 Å². The van der Waals surface area contributed by atoms with Gasteiger partial charge in [-0.2, -0.15) is 0 Å². The van der Waals surface area contributed by atoms with Crippen LogP contribution in [0.1, 0.15) is 36.8 Å². The van der Waals surface area contributed by atoms with Crippen LogP contribution >= 0.6 is 0 Å². The largest absolute Gasteiger partial charge is 0.362 e. The van der Waals surface area contributed by atoms with Crippen molar-refractivity contribution in [2.45, 2.75) is 45.2 Å². The van der Waals surface area contributed by atoms with Crippen molar-refractivity contribution in [3.05, 3.63) is 35.4 Å². The van der Waals surface area contributed by atoms with Crippen LogP contribution in [0.4, 0.5) is 5.82 Å². The number of carbonyl (C=O) groups is 1. The van der Waals surface area contributed by atoms with Gasteiger partial charge in [0.25, 0.3) is 0 Å². The van der Waals surface area contributed by atoms with Crippen LogP contribution in [-0.4, -0.2) is 35.9 Å². The predicted molar refractivity (Wildman–Crippen MR) is 97.1 cm³/mol. The lowest BCUT2D eigenvalue weighted by molar-refractivity contribution is -0.133. The molecule has 0 spiro atoms. The number of nitrogens with zero attached hydrogens (tertiary/aromatic N) is 3. The van der Waals surface area contributed by atoms with Gasteiger partial charge in [0.15, 0.2) is 0 Å². The van der Waals surface area contributed by atoms with Crippen LogP contribution in [0.25, 0.3) is 10.9 Å². The molecule has 4 nitrogen and oxygen atoms in total. The summed E-state index contributed by atoms with van der Waals surface area (Å²) in [7, 11) is 4.05. The van der Waals surface area contributed by atoms with E-state index in [-0.39, 0.29) is 5.92 Å². The van der Waals surface area contributed by atoms with Crippen LogP contribution in [0, 0.1) is 12.8 Å². The van der Waals surface area contributed by atoms with Crippen LogP contribution < -0.4 is 4.90 Å². The second-order valence-corrected chi connectivity index (χ2v) is 7.53. The second-order valence-electron chi connectivity index (χ2n) is 7.53. The summed E-state index contributed by atoms with van der Waals surface area (Å²) in [5.74, 6) is 1.61. The molecular formula is C20H25N3O. The van der Waals surface area contributed by atoms with Crippen molar-refractivity contribution < 1.29 is 4.79 Å². The molecule has 0 radical (unpaired) electrons. The highest BCUT2D eigenvalue weighted by molar-refractivity contribution is 5.84. The van der Waals surface area contributed by atoms with E-state index in [1.165, 1.54) is 5.56 Å². The fourth-order valence-corrected chi connectivity index (χ4v) is 3.34. The predicted octanol–water partition coefficient (Wildman–Crippen LogP) is 3.51. The zero-order valence-electron chi connectivity index (χ0n) is 14.7. The Kier molecular flexibility index (Phi) is 3.70. The van der Waals surface area contributed by atoms with E-state index in [2.05, 4.69) is 41.0 Å². The van der Waals surface area contributed by atoms with Crippen LogP contribution in [-0.2, 0) is 11.3 Å². The Hall–Kier alpha value is -2.10. The molecule has 2 aromatic rings. The molecule has 0 bridgehead atoms. The first kappa shape index (κ1) is 15.4. The zero-order chi connectivity index (χ0) is 16.8. The van der Waals surface area contributed by atoms with Gasteiger partial charge >= 0.3 is 0 Å². The maximum Gasteiger partial charge on any atom is 0.226 e. The van der Waals surface area contributed by atoms with Crippen LogP contribution in [0.15, 0.2) is 24.3 Å². The molecule has 24 heavy (non-hydrogen) atoms. The number of carbonyl (C=O) groups excluding carboxylic acids is 1. The van der Waals surface area contributed by atoms with Crippen LogP contribution in [0.2, 0.25) is 0 Å². The topological polar surface area (TPSA) is 36.4 Å². The van der Waals surface area contributed by atoms with Gasteiger partial charge in [-0.05, 0) is 50.3 Å². The number of amides is 1. The van der Waals surface area contributed by atoms with E-state index >= 15 is 0 Å². The number of aryl methyl sites for hydroxylation is 1. The molecule has 2 aliphatic rings. The smallest absolute Gasteiger partial charge is 0.226 e. The Morgan fingerprint density at radius 1 is 1.17 bits per heavy atom. The maximum absolute atomic E-state index is 12.7. The van der Waals surface area contributed by atoms with Gasteiger partial charge in [-0.1, -0.05) is 12.1 Å². The molecule has 0 unspecified atom stereocenters. The molecule has 2 aliphatic carbocycles. The Morgan fingerprint density at radius 3 is 2.54 bits per heavy atom. The minimum atomic E-state index is 0.282. The fraction of sp³-hybridized carbons (Fsp3) is 0.500. The molecule has 126 valence electrons. The summed E-state index contributed by atoms with van der Waals surface area (Å²) in [6, 6.07) is 9.04. The Bertz CT molecular complexity index is 791. The van der Waals surface area contributed by atoms with Gasteiger partial charge in [0, 0.05) is 43.5 Å². The lowest BCUT2D eigenvalue weighted by Crippen LogP contribution is -2.34. The molecule has 0 atom stereocenters. The summed E-state index contributed by atoms with van der Waals surface area (Å²) in [4.78, 5) is 21.7. The molecular weight excluding hydrogens is 298 g/mol. The maximum atomic E-state index is 12.7. The number of fused-ring (bicyclic) bond motifs is 1. The summed E-state index contributed by atoms with van der Waals surface area (Å²) in [6.07, 6.45) is 4.43. The van der Waals surface area contributed by atoms with Crippen LogP contribution in [0.3, 0.4) is 0 Å². The molecule has 0 N–H and O–H groups in total. The highest BCUT2D eigenvalue weighted by Crippen LogP contribution is 2.37. The molecule has 0 saturated heterocycles. The average Bonchev–Trinajstić information content (AvgIpc) is 3.43. The number of aromatic nitrogens is 1. The van der Waals surface area contributed by atoms with E-state index in [0.717, 1.165) is 48.0 Å². The molecule has 2 saturated carbocycles. The van der Waals surface area contributed by atoms with Crippen molar-refractivity contribution in [3.63, 3.8) is 0 Å². The van der Waals surface area contributed by atoms with Gasteiger partial charge in [0.1, 0.15) is 5.82 Å². The monoisotopic (exact) mass is 323 g/mol. The fourth-order valence-electron chi connectivity index (χ4n) is 3.34. The Balaban J connectivity index is 1.72. The van der Waals surface area contributed by atoms with Crippen LogP contribution in [0.5, 0.6) is 0 Å². The summed E-state index contributed by atoms with van der Waals surface area (Å²) in [5.41, 5.74) is 3.39. The third-order valence-corrected chi connectivity index (χ3v) is 4.99. The van der Waals surface area contributed by atoms with E-state index in [1.807, 2.05) is 14.1 Å². The third-order valence-electron chi connectivity index (χ3n) is 4.99. The summed E-state index contributed by atoms with van der Waals surface area (Å²) < 4.78 is 0. The summed E-state index contributed by atoms with van der Waals surface area (Å²) >= 11 is 0. The van der Waals surface area contributed by atoms with Gasteiger partial charge in [-0.25, -0.2) is 4.98 Å². The Morgan fingerprint density at radius 2 is 1.92 bits per heavy atom. The van der Waals surface area contributed by atoms with E-state index in [0.29, 0.717) is 18.5 Å². The molecule has 1 aromatic heterocycles. The SMILES string of the molecule is Cc1ccc2cc(CN(C(=O)C3CC3)C3CC3)c(N(C)C)nc2c1. The lowest BCUT2D eigenvalue weighted by atomic mass is 10.1. The normalized spacial score (nSPS) is 17.1. The number of benzene rings is 1. The van der Waals surface area contributed by atoms with E-state index in [9.17, 15) is 4.79 Å². The van der Waals surface area contributed by atoms with Crippen molar-refractivity contribution in [2.24, 2.45) is 5.92 Å². The van der Waals surface area contributed by atoms with Crippen molar-refractivity contribution in [2.75, 3.05) is 19.0 Å². The van der Waals surface area contributed by atoms with Gasteiger partial charge in [0.2, 0.25) is 5.91 Å².